The van der Waals surface area contributed by atoms with E-state index in [9.17, 15) is 0 Å². The van der Waals surface area contributed by atoms with E-state index < -0.39 is 0 Å². The molecule has 0 aliphatic heterocycles. The molecule has 0 amide bonds. The monoisotopic (exact) mass is 245 g/mol. The Balaban J connectivity index is 3.12. The molecule has 1 aromatic rings. The Morgan fingerprint density at radius 2 is 1.56 bits per heavy atom. The van der Waals surface area contributed by atoms with E-state index in [-0.39, 0.29) is 5.41 Å². The van der Waals surface area contributed by atoms with Gasteiger partial charge in [0.05, 0.1) is 0 Å². The summed E-state index contributed by atoms with van der Waals surface area (Å²) < 4.78 is 0. The number of hydrogen-bond acceptors (Lipinski definition) is 1. The molecular formula is C17H27N. The molecule has 0 aromatic heterocycles. The molecule has 0 saturated heterocycles. The van der Waals surface area contributed by atoms with Crippen LogP contribution in [-0.2, 0) is 0 Å². The van der Waals surface area contributed by atoms with Crippen LogP contribution in [0.1, 0.15) is 40.2 Å². The van der Waals surface area contributed by atoms with Gasteiger partial charge in [-0.15, -0.1) is 0 Å². The molecule has 0 N–H and O–H groups in total. The van der Waals surface area contributed by atoms with E-state index in [0.29, 0.717) is 5.92 Å². The average Bonchev–Trinajstić information content (AvgIpc) is 2.24. The maximum absolute atomic E-state index is 2.39. The molecule has 100 valence electrons. The first-order valence-corrected chi connectivity index (χ1v) is 6.71. The topological polar surface area (TPSA) is 3.24 Å². The third kappa shape index (κ3) is 4.21. The van der Waals surface area contributed by atoms with Crippen molar-refractivity contribution in [2.45, 2.75) is 34.6 Å². The Morgan fingerprint density at radius 3 is 1.89 bits per heavy atom. The van der Waals surface area contributed by atoms with Gasteiger partial charge in [0.2, 0.25) is 0 Å². The Hall–Kier alpha value is -1.24. The second kappa shape index (κ2) is 5.60. The fourth-order valence-corrected chi connectivity index (χ4v) is 2.00. The number of nitrogens with zero attached hydrogens (tertiary/aromatic N) is 1. The molecule has 0 aliphatic carbocycles. The molecule has 1 rings (SSSR count). The molecule has 0 spiro atoms. The molecular weight excluding hydrogens is 218 g/mol. The second-order valence-corrected chi connectivity index (χ2v) is 6.56. The molecule has 0 radical (unpaired) electrons. The summed E-state index contributed by atoms with van der Waals surface area (Å²) in [4.78, 5) is 2.13. The van der Waals surface area contributed by atoms with Crippen molar-refractivity contribution in [3.05, 3.63) is 35.9 Å². The highest BCUT2D eigenvalue weighted by molar-refractivity contribution is 5.69. The summed E-state index contributed by atoms with van der Waals surface area (Å²) in [5.41, 5.74) is 4.25. The van der Waals surface area contributed by atoms with E-state index in [1.165, 1.54) is 16.8 Å². The van der Waals surface area contributed by atoms with E-state index in [4.69, 9.17) is 0 Å². The Morgan fingerprint density at radius 1 is 1.06 bits per heavy atom. The summed E-state index contributed by atoms with van der Waals surface area (Å²) in [6.45, 7) is 11.3. The first kappa shape index (κ1) is 14.8. The Labute approximate surface area is 113 Å². The van der Waals surface area contributed by atoms with Crippen LogP contribution in [0, 0.1) is 11.3 Å². The normalized spacial score (nSPS) is 13.0. The van der Waals surface area contributed by atoms with Crippen molar-refractivity contribution in [2.24, 2.45) is 11.3 Å². The minimum Gasteiger partial charge on any atom is -0.378 e. The van der Waals surface area contributed by atoms with Gasteiger partial charge < -0.3 is 4.90 Å². The summed E-state index contributed by atoms with van der Waals surface area (Å²) in [5.74, 6) is 0.550. The summed E-state index contributed by atoms with van der Waals surface area (Å²) in [5, 5.41) is 0. The first-order chi connectivity index (χ1) is 8.20. The number of anilines is 1. The molecule has 1 aromatic carbocycles. The second-order valence-electron chi connectivity index (χ2n) is 6.56. The van der Waals surface area contributed by atoms with Crippen LogP contribution in [0.3, 0.4) is 0 Å². The minimum absolute atomic E-state index is 0.222. The van der Waals surface area contributed by atoms with E-state index in [0.717, 1.165) is 0 Å². The number of rotatable bonds is 3. The molecule has 18 heavy (non-hydrogen) atoms. The molecule has 0 aliphatic rings. The predicted octanol–water partition coefficient (Wildman–Crippen LogP) is 4.84. The lowest BCUT2D eigenvalue weighted by Gasteiger charge is -2.20. The van der Waals surface area contributed by atoms with Crippen LogP contribution in [-0.4, -0.2) is 14.1 Å². The quantitative estimate of drug-likeness (QED) is 0.736. The summed E-state index contributed by atoms with van der Waals surface area (Å²) >= 11 is 0. The van der Waals surface area contributed by atoms with Crippen molar-refractivity contribution < 1.29 is 0 Å². The lowest BCUT2D eigenvalue weighted by Crippen LogP contribution is -2.08. The molecule has 0 bridgehead atoms. The van der Waals surface area contributed by atoms with Crippen LogP contribution in [0.2, 0.25) is 0 Å². The van der Waals surface area contributed by atoms with Gasteiger partial charge >= 0.3 is 0 Å². The SMILES string of the molecule is CC(C)/C(=C\C(C)(C)C)c1ccc(N(C)C)cc1. The molecule has 0 unspecified atom stereocenters. The highest BCUT2D eigenvalue weighted by Crippen LogP contribution is 2.30. The zero-order valence-corrected chi connectivity index (χ0v) is 12.9. The van der Waals surface area contributed by atoms with E-state index in [2.05, 4.69) is 84.0 Å². The van der Waals surface area contributed by atoms with Gasteiger partial charge in [-0.1, -0.05) is 52.8 Å². The predicted molar refractivity (Wildman–Crippen MR) is 83.0 cm³/mol. The van der Waals surface area contributed by atoms with Crippen LogP contribution in [0.4, 0.5) is 5.69 Å². The largest absolute Gasteiger partial charge is 0.378 e. The van der Waals surface area contributed by atoms with Crippen molar-refractivity contribution >= 4 is 11.3 Å². The van der Waals surface area contributed by atoms with Crippen molar-refractivity contribution in [1.82, 2.24) is 0 Å². The Bertz CT molecular complexity index is 402. The highest BCUT2D eigenvalue weighted by atomic mass is 15.1. The molecule has 0 fully saturated rings. The summed E-state index contributed by atoms with van der Waals surface area (Å²) in [6, 6.07) is 8.84. The fourth-order valence-electron chi connectivity index (χ4n) is 2.00. The maximum atomic E-state index is 2.39. The van der Waals surface area contributed by atoms with Crippen molar-refractivity contribution in [1.29, 1.82) is 0 Å². The van der Waals surface area contributed by atoms with Gasteiger partial charge in [0.15, 0.2) is 0 Å². The van der Waals surface area contributed by atoms with Crippen molar-refractivity contribution in [3.63, 3.8) is 0 Å². The van der Waals surface area contributed by atoms with Gasteiger partial charge in [-0.2, -0.15) is 0 Å². The number of allylic oxidation sites excluding steroid dienone is 2. The molecule has 0 heterocycles. The molecule has 0 saturated carbocycles. The van der Waals surface area contributed by atoms with Crippen LogP contribution >= 0.6 is 0 Å². The van der Waals surface area contributed by atoms with Crippen LogP contribution in [0.15, 0.2) is 30.3 Å². The smallest absolute Gasteiger partial charge is 0.0361 e. The van der Waals surface area contributed by atoms with E-state index in [1.54, 1.807) is 0 Å². The van der Waals surface area contributed by atoms with Crippen LogP contribution in [0.5, 0.6) is 0 Å². The average molecular weight is 245 g/mol. The lowest BCUT2D eigenvalue weighted by molar-refractivity contribution is 0.542. The summed E-state index contributed by atoms with van der Waals surface area (Å²) in [6.07, 6.45) is 2.39. The summed E-state index contributed by atoms with van der Waals surface area (Å²) in [7, 11) is 4.15. The third-order valence-corrected chi connectivity index (χ3v) is 2.93. The van der Waals surface area contributed by atoms with Gasteiger partial charge in [-0.25, -0.2) is 0 Å². The molecule has 1 heteroatoms. The highest BCUT2D eigenvalue weighted by Gasteiger charge is 2.13. The van der Waals surface area contributed by atoms with Crippen molar-refractivity contribution in [3.8, 4) is 0 Å². The minimum atomic E-state index is 0.222. The first-order valence-electron chi connectivity index (χ1n) is 6.71. The fraction of sp³-hybridized carbons (Fsp3) is 0.529. The van der Waals surface area contributed by atoms with Gasteiger partial charge in [0, 0.05) is 19.8 Å². The number of benzene rings is 1. The van der Waals surface area contributed by atoms with Gasteiger partial charge in [0.25, 0.3) is 0 Å². The zero-order valence-electron chi connectivity index (χ0n) is 12.9. The van der Waals surface area contributed by atoms with Crippen LogP contribution < -0.4 is 4.90 Å². The standard InChI is InChI=1S/C17H27N/c1-13(2)16(12-17(3,4)5)14-8-10-15(11-9-14)18(6)7/h8-13H,1-7H3/b16-12+. The van der Waals surface area contributed by atoms with Gasteiger partial charge in [-0.05, 0) is 34.6 Å². The van der Waals surface area contributed by atoms with Crippen molar-refractivity contribution in [2.75, 3.05) is 19.0 Å². The third-order valence-electron chi connectivity index (χ3n) is 2.93. The zero-order chi connectivity index (χ0) is 13.9. The van der Waals surface area contributed by atoms with Gasteiger partial charge in [-0.3, -0.25) is 0 Å². The maximum Gasteiger partial charge on any atom is 0.0361 e. The number of hydrogen-bond donors (Lipinski definition) is 0. The van der Waals surface area contributed by atoms with Crippen LogP contribution in [0.25, 0.3) is 5.57 Å². The molecule has 0 atom stereocenters. The van der Waals surface area contributed by atoms with E-state index in [1.807, 2.05) is 0 Å². The van der Waals surface area contributed by atoms with E-state index >= 15 is 0 Å². The lowest BCUT2D eigenvalue weighted by atomic mass is 9.86. The van der Waals surface area contributed by atoms with Gasteiger partial charge in [0.1, 0.15) is 0 Å². The molecule has 1 nitrogen and oxygen atoms in total. The Kier molecular flexibility index (Phi) is 4.61.